The fourth-order valence-electron chi connectivity index (χ4n) is 2.03. The fourth-order valence-corrected chi connectivity index (χ4v) is 2.03. The number of aryl methyl sites for hydroxylation is 1. The Labute approximate surface area is 120 Å². The van der Waals surface area contributed by atoms with Crippen molar-refractivity contribution in [2.45, 2.75) is 27.3 Å². The van der Waals surface area contributed by atoms with E-state index in [0.29, 0.717) is 6.61 Å². The van der Waals surface area contributed by atoms with Gasteiger partial charge in [0.05, 0.1) is 17.9 Å². The highest BCUT2D eigenvalue weighted by Crippen LogP contribution is 2.27. The molecule has 0 saturated carbocycles. The molecular formula is C16H21N3O. The highest BCUT2D eigenvalue weighted by molar-refractivity contribution is 5.64. The topological polar surface area (TPSA) is 47.0 Å². The summed E-state index contributed by atoms with van der Waals surface area (Å²) >= 11 is 0. The Kier molecular flexibility index (Phi) is 5.07. The minimum atomic E-state index is 0.632. The van der Waals surface area contributed by atoms with Crippen molar-refractivity contribution in [1.29, 1.82) is 0 Å². The Hall–Kier alpha value is -1.94. The Morgan fingerprint density at radius 1 is 1.15 bits per heavy atom. The van der Waals surface area contributed by atoms with E-state index in [4.69, 9.17) is 4.74 Å². The molecule has 0 spiro atoms. The van der Waals surface area contributed by atoms with Crippen molar-refractivity contribution in [3.63, 3.8) is 0 Å². The summed E-state index contributed by atoms with van der Waals surface area (Å²) in [6.07, 6.45) is 0. The van der Waals surface area contributed by atoms with E-state index in [1.165, 1.54) is 0 Å². The second kappa shape index (κ2) is 7.01. The number of para-hydroxylation sites is 1. The van der Waals surface area contributed by atoms with Gasteiger partial charge in [-0.1, -0.05) is 19.1 Å². The van der Waals surface area contributed by atoms with Gasteiger partial charge in [0.25, 0.3) is 0 Å². The van der Waals surface area contributed by atoms with E-state index in [1.54, 1.807) is 0 Å². The van der Waals surface area contributed by atoms with Crippen LogP contribution in [0.2, 0.25) is 0 Å². The highest BCUT2D eigenvalue weighted by atomic mass is 16.5. The number of benzene rings is 1. The molecule has 0 unspecified atom stereocenters. The normalized spacial score (nSPS) is 10.6. The first-order valence-electron chi connectivity index (χ1n) is 7.02. The summed E-state index contributed by atoms with van der Waals surface area (Å²) in [7, 11) is 0. The molecule has 0 bridgehead atoms. The highest BCUT2D eigenvalue weighted by Gasteiger charge is 2.10. The Balaban J connectivity index is 2.39. The molecule has 4 heteroatoms. The molecule has 20 heavy (non-hydrogen) atoms. The molecule has 0 fully saturated rings. The van der Waals surface area contributed by atoms with Crippen LogP contribution in [0.25, 0.3) is 11.4 Å². The molecule has 1 heterocycles. The van der Waals surface area contributed by atoms with Crippen molar-refractivity contribution in [2.75, 3.05) is 13.2 Å². The maximum absolute atomic E-state index is 5.66. The average Bonchev–Trinajstić information content (AvgIpc) is 2.45. The van der Waals surface area contributed by atoms with Gasteiger partial charge in [-0.2, -0.15) is 0 Å². The first-order chi connectivity index (χ1) is 9.74. The predicted octanol–water partition coefficient (Wildman–Crippen LogP) is 2.96. The van der Waals surface area contributed by atoms with E-state index in [1.807, 2.05) is 44.2 Å². The quantitative estimate of drug-likeness (QED) is 0.877. The van der Waals surface area contributed by atoms with Crippen molar-refractivity contribution in [2.24, 2.45) is 0 Å². The predicted molar refractivity (Wildman–Crippen MR) is 80.8 cm³/mol. The molecule has 1 aromatic heterocycles. The van der Waals surface area contributed by atoms with Crippen LogP contribution >= 0.6 is 0 Å². The van der Waals surface area contributed by atoms with Gasteiger partial charge in [0.15, 0.2) is 5.82 Å². The largest absolute Gasteiger partial charge is 0.493 e. The SMILES string of the molecule is CCNCc1cc(C)nc(-c2ccccc2OCC)n1. The van der Waals surface area contributed by atoms with E-state index in [2.05, 4.69) is 22.2 Å². The van der Waals surface area contributed by atoms with Crippen molar-refractivity contribution < 1.29 is 4.74 Å². The third kappa shape index (κ3) is 3.54. The van der Waals surface area contributed by atoms with Gasteiger partial charge in [0.1, 0.15) is 5.75 Å². The molecule has 0 aliphatic carbocycles. The van der Waals surface area contributed by atoms with Gasteiger partial charge in [-0.15, -0.1) is 0 Å². The van der Waals surface area contributed by atoms with E-state index in [0.717, 1.165) is 41.6 Å². The smallest absolute Gasteiger partial charge is 0.163 e. The monoisotopic (exact) mass is 271 g/mol. The minimum Gasteiger partial charge on any atom is -0.493 e. The third-order valence-electron chi connectivity index (χ3n) is 2.89. The van der Waals surface area contributed by atoms with E-state index < -0.39 is 0 Å². The molecule has 4 nitrogen and oxygen atoms in total. The number of rotatable bonds is 6. The van der Waals surface area contributed by atoms with Crippen LogP contribution in [0.4, 0.5) is 0 Å². The summed E-state index contributed by atoms with van der Waals surface area (Å²) in [5.74, 6) is 1.55. The molecule has 0 radical (unpaired) electrons. The lowest BCUT2D eigenvalue weighted by atomic mass is 10.1. The summed E-state index contributed by atoms with van der Waals surface area (Å²) in [5, 5.41) is 3.29. The van der Waals surface area contributed by atoms with Gasteiger partial charge in [0, 0.05) is 12.2 Å². The number of nitrogens with one attached hydrogen (secondary N) is 1. The minimum absolute atomic E-state index is 0.632. The van der Waals surface area contributed by atoms with Crippen molar-refractivity contribution in [3.05, 3.63) is 41.7 Å². The van der Waals surface area contributed by atoms with Crippen LogP contribution < -0.4 is 10.1 Å². The van der Waals surface area contributed by atoms with Crippen LogP contribution in [0.5, 0.6) is 5.75 Å². The molecule has 1 N–H and O–H groups in total. The molecule has 0 atom stereocenters. The number of ether oxygens (including phenoxy) is 1. The molecule has 106 valence electrons. The molecule has 0 aliphatic heterocycles. The van der Waals surface area contributed by atoms with Crippen LogP contribution in [0.1, 0.15) is 25.2 Å². The van der Waals surface area contributed by atoms with Crippen LogP contribution in [-0.4, -0.2) is 23.1 Å². The molecular weight excluding hydrogens is 250 g/mol. The fraction of sp³-hybridized carbons (Fsp3) is 0.375. The summed E-state index contributed by atoms with van der Waals surface area (Å²) in [6, 6.07) is 9.90. The van der Waals surface area contributed by atoms with Gasteiger partial charge in [-0.05, 0) is 38.6 Å². The van der Waals surface area contributed by atoms with Crippen LogP contribution in [0, 0.1) is 6.92 Å². The van der Waals surface area contributed by atoms with Gasteiger partial charge in [-0.3, -0.25) is 0 Å². The summed E-state index contributed by atoms with van der Waals surface area (Å²) < 4.78 is 5.66. The zero-order valence-corrected chi connectivity index (χ0v) is 12.3. The lowest BCUT2D eigenvalue weighted by Gasteiger charge is -2.11. The van der Waals surface area contributed by atoms with E-state index in [-0.39, 0.29) is 0 Å². The van der Waals surface area contributed by atoms with Crippen molar-refractivity contribution >= 4 is 0 Å². The molecule has 2 rings (SSSR count). The number of aromatic nitrogens is 2. The number of hydrogen-bond acceptors (Lipinski definition) is 4. The van der Waals surface area contributed by atoms with Crippen LogP contribution in [0.3, 0.4) is 0 Å². The van der Waals surface area contributed by atoms with Crippen molar-refractivity contribution in [3.8, 4) is 17.1 Å². The van der Waals surface area contributed by atoms with Crippen LogP contribution in [0.15, 0.2) is 30.3 Å². The second-order valence-electron chi connectivity index (χ2n) is 4.53. The Bertz CT molecular complexity index is 569. The summed E-state index contributed by atoms with van der Waals surface area (Å²) in [5.41, 5.74) is 2.91. The number of nitrogens with zero attached hydrogens (tertiary/aromatic N) is 2. The van der Waals surface area contributed by atoms with Gasteiger partial charge in [-0.25, -0.2) is 9.97 Å². The zero-order chi connectivity index (χ0) is 14.4. The first kappa shape index (κ1) is 14.5. The average molecular weight is 271 g/mol. The van der Waals surface area contributed by atoms with Gasteiger partial charge in [0.2, 0.25) is 0 Å². The third-order valence-corrected chi connectivity index (χ3v) is 2.89. The Morgan fingerprint density at radius 2 is 1.95 bits per heavy atom. The second-order valence-corrected chi connectivity index (χ2v) is 4.53. The zero-order valence-electron chi connectivity index (χ0n) is 12.3. The van der Waals surface area contributed by atoms with E-state index >= 15 is 0 Å². The Morgan fingerprint density at radius 3 is 2.70 bits per heavy atom. The van der Waals surface area contributed by atoms with Gasteiger partial charge < -0.3 is 10.1 Å². The number of hydrogen-bond donors (Lipinski definition) is 1. The maximum atomic E-state index is 5.66. The standard InChI is InChI=1S/C16H21N3O/c1-4-17-11-13-10-12(3)18-16(19-13)14-8-6-7-9-15(14)20-5-2/h6-10,17H,4-5,11H2,1-3H3. The summed E-state index contributed by atoms with van der Waals surface area (Å²) in [4.78, 5) is 9.17. The van der Waals surface area contributed by atoms with Crippen molar-refractivity contribution in [1.82, 2.24) is 15.3 Å². The molecule has 2 aromatic rings. The first-order valence-corrected chi connectivity index (χ1v) is 7.02. The molecule has 1 aromatic carbocycles. The van der Waals surface area contributed by atoms with Gasteiger partial charge >= 0.3 is 0 Å². The van der Waals surface area contributed by atoms with Crippen LogP contribution in [-0.2, 0) is 6.54 Å². The maximum Gasteiger partial charge on any atom is 0.163 e. The lowest BCUT2D eigenvalue weighted by molar-refractivity contribution is 0.341. The lowest BCUT2D eigenvalue weighted by Crippen LogP contribution is -2.14. The summed E-state index contributed by atoms with van der Waals surface area (Å²) in [6.45, 7) is 8.36. The molecule has 0 amide bonds. The van der Waals surface area contributed by atoms with E-state index in [9.17, 15) is 0 Å². The molecule has 0 saturated heterocycles. The molecule has 0 aliphatic rings.